The SMILES string of the molecule is CC(C)(C)CCCOCCOCCOCCC(F)CCC(=O)C(C)(C)C. The molecular weight excluding hydrogens is 335 g/mol. The zero-order valence-corrected chi connectivity index (χ0v) is 17.9. The highest BCUT2D eigenvalue weighted by atomic mass is 19.1. The summed E-state index contributed by atoms with van der Waals surface area (Å²) in [6.07, 6.45) is 2.14. The first-order valence-corrected chi connectivity index (χ1v) is 9.93. The summed E-state index contributed by atoms with van der Waals surface area (Å²) >= 11 is 0. The third kappa shape index (κ3) is 16.9. The second-order valence-electron chi connectivity index (χ2n) is 9.10. The largest absolute Gasteiger partial charge is 0.379 e. The van der Waals surface area contributed by atoms with Crippen LogP contribution in [0.4, 0.5) is 4.39 Å². The van der Waals surface area contributed by atoms with Crippen LogP contribution in [0.25, 0.3) is 0 Å². The molecule has 0 fully saturated rings. The Kier molecular flexibility index (Phi) is 13.3. The molecule has 156 valence electrons. The van der Waals surface area contributed by atoms with E-state index in [-0.39, 0.29) is 17.6 Å². The summed E-state index contributed by atoms with van der Waals surface area (Å²) in [5.41, 5.74) is -0.0260. The summed E-state index contributed by atoms with van der Waals surface area (Å²) in [6.45, 7) is 15.5. The van der Waals surface area contributed by atoms with Crippen LogP contribution in [0, 0.1) is 10.8 Å². The Balaban J connectivity index is 3.34. The topological polar surface area (TPSA) is 44.8 Å². The summed E-state index contributed by atoms with van der Waals surface area (Å²) in [6, 6.07) is 0. The highest BCUT2D eigenvalue weighted by molar-refractivity contribution is 5.83. The first-order chi connectivity index (χ1) is 12.0. The zero-order valence-electron chi connectivity index (χ0n) is 17.9. The molecule has 0 aliphatic heterocycles. The van der Waals surface area contributed by atoms with Crippen LogP contribution < -0.4 is 0 Å². The molecule has 4 nitrogen and oxygen atoms in total. The Hall–Kier alpha value is -0.520. The van der Waals surface area contributed by atoms with Crippen molar-refractivity contribution < 1.29 is 23.4 Å². The van der Waals surface area contributed by atoms with Gasteiger partial charge < -0.3 is 14.2 Å². The van der Waals surface area contributed by atoms with E-state index in [1.54, 1.807) is 0 Å². The maximum atomic E-state index is 13.7. The van der Waals surface area contributed by atoms with Gasteiger partial charge in [0.15, 0.2) is 0 Å². The summed E-state index contributed by atoms with van der Waals surface area (Å²) in [5, 5.41) is 0. The lowest BCUT2D eigenvalue weighted by molar-refractivity contribution is -0.126. The Bertz CT molecular complexity index is 358. The Morgan fingerprint density at radius 1 is 0.808 bits per heavy atom. The zero-order chi connectivity index (χ0) is 20.1. The van der Waals surface area contributed by atoms with Crippen LogP contribution in [0.3, 0.4) is 0 Å². The van der Waals surface area contributed by atoms with E-state index in [0.717, 1.165) is 19.4 Å². The van der Waals surface area contributed by atoms with Crippen molar-refractivity contribution in [3.05, 3.63) is 0 Å². The third-order valence-corrected chi connectivity index (χ3v) is 4.06. The maximum absolute atomic E-state index is 13.7. The quantitative estimate of drug-likeness (QED) is 0.378. The van der Waals surface area contributed by atoms with Gasteiger partial charge in [-0.2, -0.15) is 0 Å². The van der Waals surface area contributed by atoms with E-state index in [0.29, 0.717) is 51.3 Å². The van der Waals surface area contributed by atoms with Gasteiger partial charge in [0.1, 0.15) is 12.0 Å². The van der Waals surface area contributed by atoms with Gasteiger partial charge in [0.05, 0.1) is 26.4 Å². The van der Waals surface area contributed by atoms with E-state index in [1.807, 2.05) is 20.8 Å². The molecule has 0 heterocycles. The van der Waals surface area contributed by atoms with E-state index in [1.165, 1.54) is 0 Å². The summed E-state index contributed by atoms with van der Waals surface area (Å²) in [4.78, 5) is 11.7. The predicted octanol–water partition coefficient (Wildman–Crippen LogP) is 4.99. The minimum Gasteiger partial charge on any atom is -0.379 e. The Morgan fingerprint density at radius 2 is 1.31 bits per heavy atom. The van der Waals surface area contributed by atoms with E-state index >= 15 is 0 Å². The van der Waals surface area contributed by atoms with Crippen molar-refractivity contribution in [3.8, 4) is 0 Å². The number of ether oxygens (including phenoxy) is 3. The first kappa shape index (κ1) is 25.5. The number of halogens is 1. The van der Waals surface area contributed by atoms with Crippen molar-refractivity contribution in [1.82, 2.24) is 0 Å². The van der Waals surface area contributed by atoms with Gasteiger partial charge >= 0.3 is 0 Å². The Labute approximate surface area is 160 Å². The van der Waals surface area contributed by atoms with Crippen molar-refractivity contribution in [2.45, 2.75) is 79.8 Å². The molecule has 0 aromatic rings. The molecule has 0 aliphatic carbocycles. The number of hydrogen-bond donors (Lipinski definition) is 0. The van der Waals surface area contributed by atoms with Gasteiger partial charge in [-0.1, -0.05) is 41.5 Å². The minimum atomic E-state index is -0.983. The number of carbonyl (C=O) groups is 1. The molecule has 0 radical (unpaired) electrons. The molecule has 0 aromatic heterocycles. The second kappa shape index (κ2) is 13.6. The highest BCUT2D eigenvalue weighted by Gasteiger charge is 2.21. The maximum Gasteiger partial charge on any atom is 0.138 e. The van der Waals surface area contributed by atoms with Gasteiger partial charge in [0.2, 0.25) is 0 Å². The molecule has 0 rings (SSSR count). The second-order valence-corrected chi connectivity index (χ2v) is 9.10. The fourth-order valence-corrected chi connectivity index (χ4v) is 2.26. The summed E-state index contributed by atoms with van der Waals surface area (Å²) in [7, 11) is 0. The minimum absolute atomic E-state index is 0.107. The van der Waals surface area contributed by atoms with Gasteiger partial charge in [-0.05, 0) is 24.7 Å². The summed E-state index contributed by atoms with van der Waals surface area (Å²) < 4.78 is 30.0. The van der Waals surface area contributed by atoms with Gasteiger partial charge in [-0.15, -0.1) is 0 Å². The van der Waals surface area contributed by atoms with Crippen LogP contribution in [0.1, 0.15) is 73.6 Å². The molecule has 0 spiro atoms. The normalized spacial score (nSPS) is 13.8. The van der Waals surface area contributed by atoms with Gasteiger partial charge in [0, 0.05) is 31.5 Å². The van der Waals surface area contributed by atoms with Crippen molar-refractivity contribution in [1.29, 1.82) is 0 Å². The molecule has 0 N–H and O–H groups in total. The number of ketones is 1. The number of carbonyl (C=O) groups excluding carboxylic acids is 1. The average molecular weight is 377 g/mol. The fourth-order valence-electron chi connectivity index (χ4n) is 2.26. The van der Waals surface area contributed by atoms with E-state index in [4.69, 9.17) is 14.2 Å². The van der Waals surface area contributed by atoms with Crippen molar-refractivity contribution >= 4 is 5.78 Å². The first-order valence-electron chi connectivity index (χ1n) is 9.93. The molecule has 26 heavy (non-hydrogen) atoms. The molecule has 0 bridgehead atoms. The lowest BCUT2D eigenvalue weighted by atomic mass is 9.87. The van der Waals surface area contributed by atoms with Crippen LogP contribution in [0.15, 0.2) is 0 Å². The fraction of sp³-hybridized carbons (Fsp3) is 0.952. The lowest BCUT2D eigenvalue weighted by Crippen LogP contribution is -2.21. The average Bonchev–Trinajstić information content (AvgIpc) is 2.51. The van der Waals surface area contributed by atoms with Crippen molar-refractivity contribution in [2.75, 3.05) is 39.6 Å². The number of Topliss-reactive ketones (excluding diaryl/α,β-unsaturated/α-hetero) is 1. The van der Waals surface area contributed by atoms with Crippen LogP contribution in [-0.2, 0) is 19.0 Å². The van der Waals surface area contributed by atoms with Gasteiger partial charge in [0.25, 0.3) is 0 Å². The molecule has 1 unspecified atom stereocenters. The van der Waals surface area contributed by atoms with Gasteiger partial charge in [-0.3, -0.25) is 4.79 Å². The number of alkyl halides is 1. The lowest BCUT2D eigenvalue weighted by Gasteiger charge is -2.17. The van der Waals surface area contributed by atoms with Gasteiger partial charge in [-0.25, -0.2) is 4.39 Å². The third-order valence-electron chi connectivity index (χ3n) is 4.06. The van der Waals surface area contributed by atoms with E-state index < -0.39 is 6.17 Å². The van der Waals surface area contributed by atoms with E-state index in [2.05, 4.69) is 20.8 Å². The predicted molar refractivity (Wildman–Crippen MR) is 104 cm³/mol. The molecule has 5 heteroatoms. The standard InChI is InChI=1S/C21H41FO4/c1-20(2,3)11-7-12-24-14-16-26-17-15-25-13-10-18(22)8-9-19(23)21(4,5)6/h18H,7-17H2,1-6H3. The van der Waals surface area contributed by atoms with E-state index in [9.17, 15) is 9.18 Å². The smallest absolute Gasteiger partial charge is 0.138 e. The van der Waals surface area contributed by atoms with Crippen LogP contribution in [0.2, 0.25) is 0 Å². The molecule has 0 saturated carbocycles. The molecule has 0 aromatic carbocycles. The molecule has 0 saturated heterocycles. The molecule has 0 aliphatic rings. The summed E-state index contributed by atoms with van der Waals surface area (Å²) in [5.74, 6) is 0.107. The van der Waals surface area contributed by atoms with Crippen molar-refractivity contribution in [2.24, 2.45) is 10.8 Å². The van der Waals surface area contributed by atoms with Crippen LogP contribution in [0.5, 0.6) is 0 Å². The molecule has 1 atom stereocenters. The number of hydrogen-bond acceptors (Lipinski definition) is 4. The number of rotatable bonds is 15. The Morgan fingerprint density at radius 3 is 1.81 bits per heavy atom. The van der Waals surface area contributed by atoms with Crippen LogP contribution >= 0.6 is 0 Å². The molecular formula is C21H41FO4. The monoisotopic (exact) mass is 376 g/mol. The van der Waals surface area contributed by atoms with Crippen LogP contribution in [-0.4, -0.2) is 51.6 Å². The highest BCUT2D eigenvalue weighted by Crippen LogP contribution is 2.20. The molecule has 0 amide bonds. The van der Waals surface area contributed by atoms with Crippen molar-refractivity contribution in [3.63, 3.8) is 0 Å².